The van der Waals surface area contributed by atoms with E-state index in [4.69, 9.17) is 5.11 Å². The fraction of sp³-hybridized carbons (Fsp3) is 0.250. The zero-order chi connectivity index (χ0) is 16.6. The molecule has 1 aliphatic carbocycles. The molecule has 7 heteroatoms. The number of aromatic nitrogens is 2. The van der Waals surface area contributed by atoms with Gasteiger partial charge in [-0.1, -0.05) is 24.3 Å². The van der Waals surface area contributed by atoms with Gasteiger partial charge in [-0.25, -0.2) is 9.48 Å². The smallest absolute Gasteiger partial charge is 0.341 e. The molecule has 0 radical (unpaired) electrons. The Hall–Kier alpha value is -2.96. The molecule has 0 atom stereocenters. The highest BCUT2D eigenvalue weighted by Gasteiger charge is 2.26. The Morgan fingerprint density at radius 2 is 1.91 bits per heavy atom. The van der Waals surface area contributed by atoms with Gasteiger partial charge < -0.3 is 10.2 Å². The third-order valence-electron chi connectivity index (χ3n) is 3.90. The average molecular weight is 314 g/mol. The van der Waals surface area contributed by atoms with Crippen molar-refractivity contribution in [3.63, 3.8) is 0 Å². The van der Waals surface area contributed by atoms with Crippen LogP contribution in [-0.2, 0) is 24.2 Å². The Balaban J connectivity index is 2.36. The molecular formula is C16H14N2O5. The van der Waals surface area contributed by atoms with Gasteiger partial charge >= 0.3 is 11.9 Å². The molecule has 0 fully saturated rings. The molecule has 0 amide bonds. The fourth-order valence-electron chi connectivity index (χ4n) is 2.94. The molecule has 23 heavy (non-hydrogen) atoms. The molecule has 2 N–H and O–H groups in total. The summed E-state index contributed by atoms with van der Waals surface area (Å²) in [5.41, 5.74) is 1.27. The summed E-state index contributed by atoms with van der Waals surface area (Å²) in [6.07, 6.45) is 1.87. The Bertz CT molecular complexity index is 869. The van der Waals surface area contributed by atoms with Crippen molar-refractivity contribution in [1.82, 2.24) is 9.78 Å². The Morgan fingerprint density at radius 1 is 1.17 bits per heavy atom. The summed E-state index contributed by atoms with van der Waals surface area (Å²) in [5, 5.41) is 22.5. The molecule has 1 aromatic heterocycles. The summed E-state index contributed by atoms with van der Waals surface area (Å²) in [5.74, 6) is -2.61. The van der Waals surface area contributed by atoms with E-state index in [9.17, 15) is 19.5 Å². The van der Waals surface area contributed by atoms with E-state index in [0.29, 0.717) is 28.8 Å². The first-order valence-electron chi connectivity index (χ1n) is 7.16. The molecule has 1 aliphatic rings. The molecule has 0 aliphatic heterocycles. The van der Waals surface area contributed by atoms with E-state index < -0.39 is 24.0 Å². The van der Waals surface area contributed by atoms with Crippen LogP contribution in [0.2, 0.25) is 0 Å². The number of carboxylic acids is 2. The lowest BCUT2D eigenvalue weighted by molar-refractivity contribution is -0.138. The fourth-order valence-corrected chi connectivity index (χ4v) is 2.94. The van der Waals surface area contributed by atoms with Crippen LogP contribution in [0, 0.1) is 0 Å². The topological polar surface area (TPSA) is 109 Å². The van der Waals surface area contributed by atoms with Gasteiger partial charge in [0.25, 0.3) is 5.56 Å². The number of carboxylic acid groups (broad SMARTS) is 2. The molecule has 0 spiro atoms. The molecule has 3 rings (SSSR count). The highest BCUT2D eigenvalue weighted by atomic mass is 16.4. The second-order valence-corrected chi connectivity index (χ2v) is 5.37. The zero-order valence-corrected chi connectivity index (χ0v) is 12.2. The first-order chi connectivity index (χ1) is 11.0. The number of carbonyl (C=O) groups is 2. The van der Waals surface area contributed by atoms with Crippen LogP contribution < -0.4 is 5.56 Å². The summed E-state index contributed by atoms with van der Waals surface area (Å²) < 4.78 is 0.715. The normalized spacial score (nSPS) is 12.9. The predicted octanol–water partition coefficient (Wildman–Crippen LogP) is 1.18. The Kier molecular flexibility index (Phi) is 3.69. The van der Waals surface area contributed by atoms with Crippen LogP contribution in [0.5, 0.6) is 0 Å². The van der Waals surface area contributed by atoms with E-state index in [0.717, 1.165) is 17.5 Å². The van der Waals surface area contributed by atoms with Crippen LogP contribution >= 0.6 is 0 Å². The van der Waals surface area contributed by atoms with Gasteiger partial charge in [-0.2, -0.15) is 5.10 Å². The van der Waals surface area contributed by atoms with Gasteiger partial charge in [-0.05, 0) is 24.8 Å². The lowest BCUT2D eigenvalue weighted by atomic mass is 9.99. The van der Waals surface area contributed by atoms with Gasteiger partial charge in [0.1, 0.15) is 12.1 Å². The summed E-state index contributed by atoms with van der Waals surface area (Å²) in [6.45, 7) is -0.672. The van der Waals surface area contributed by atoms with Crippen molar-refractivity contribution in [2.24, 2.45) is 0 Å². The molecule has 0 saturated heterocycles. The van der Waals surface area contributed by atoms with Gasteiger partial charge in [-0.15, -0.1) is 0 Å². The van der Waals surface area contributed by atoms with E-state index in [1.165, 1.54) is 0 Å². The maximum Gasteiger partial charge on any atom is 0.341 e. The first kappa shape index (κ1) is 15.0. The van der Waals surface area contributed by atoms with Crippen molar-refractivity contribution < 1.29 is 19.8 Å². The highest BCUT2D eigenvalue weighted by molar-refractivity contribution is 5.91. The van der Waals surface area contributed by atoms with Crippen molar-refractivity contribution in [3.8, 4) is 11.3 Å². The number of hydrogen-bond acceptors (Lipinski definition) is 4. The van der Waals surface area contributed by atoms with Crippen LogP contribution in [-0.4, -0.2) is 31.9 Å². The predicted molar refractivity (Wildman–Crippen MR) is 80.6 cm³/mol. The number of benzene rings is 1. The van der Waals surface area contributed by atoms with E-state index >= 15 is 0 Å². The van der Waals surface area contributed by atoms with Crippen LogP contribution in [0.1, 0.15) is 27.9 Å². The minimum atomic E-state index is -1.35. The molecule has 7 nitrogen and oxygen atoms in total. The van der Waals surface area contributed by atoms with Crippen molar-refractivity contribution in [3.05, 3.63) is 51.3 Å². The second-order valence-electron chi connectivity index (χ2n) is 5.37. The van der Waals surface area contributed by atoms with Crippen molar-refractivity contribution in [1.29, 1.82) is 0 Å². The molecular weight excluding hydrogens is 300 g/mol. The van der Waals surface area contributed by atoms with Crippen LogP contribution in [0.4, 0.5) is 0 Å². The van der Waals surface area contributed by atoms with Gasteiger partial charge in [-0.3, -0.25) is 9.59 Å². The van der Waals surface area contributed by atoms with Crippen LogP contribution in [0.3, 0.4) is 0 Å². The Labute approximate surface area is 130 Å². The van der Waals surface area contributed by atoms with Crippen molar-refractivity contribution >= 4 is 11.9 Å². The minimum absolute atomic E-state index is 0.382. The monoisotopic (exact) mass is 314 g/mol. The molecule has 1 heterocycles. The van der Waals surface area contributed by atoms with E-state index in [-0.39, 0.29) is 5.56 Å². The summed E-state index contributed by atoms with van der Waals surface area (Å²) in [6, 6.07) is 7.44. The lowest BCUT2D eigenvalue weighted by Crippen LogP contribution is -2.33. The Morgan fingerprint density at radius 3 is 2.61 bits per heavy atom. The number of fused-ring (bicyclic) bond motifs is 3. The van der Waals surface area contributed by atoms with E-state index in [1.54, 1.807) is 0 Å². The largest absolute Gasteiger partial charge is 0.480 e. The summed E-state index contributed by atoms with van der Waals surface area (Å²) >= 11 is 0. The number of nitrogens with zero attached hydrogens (tertiary/aromatic N) is 2. The third kappa shape index (κ3) is 2.61. The minimum Gasteiger partial charge on any atom is -0.480 e. The third-order valence-corrected chi connectivity index (χ3v) is 3.90. The number of rotatable bonds is 3. The molecule has 0 bridgehead atoms. The summed E-state index contributed by atoms with van der Waals surface area (Å²) in [7, 11) is 0. The number of hydrogen-bond donors (Lipinski definition) is 2. The van der Waals surface area contributed by atoms with Gasteiger partial charge in [0.2, 0.25) is 0 Å². The molecule has 2 aromatic rings. The number of aryl methyl sites for hydroxylation is 1. The molecule has 0 saturated carbocycles. The maximum absolute atomic E-state index is 12.3. The van der Waals surface area contributed by atoms with Crippen LogP contribution in [0.25, 0.3) is 11.3 Å². The van der Waals surface area contributed by atoms with Gasteiger partial charge in [0.05, 0.1) is 5.69 Å². The molecule has 0 unspecified atom stereocenters. The zero-order valence-electron chi connectivity index (χ0n) is 12.2. The van der Waals surface area contributed by atoms with Crippen molar-refractivity contribution in [2.75, 3.05) is 0 Å². The lowest BCUT2D eigenvalue weighted by Gasteiger charge is -2.13. The molecule has 1 aromatic carbocycles. The van der Waals surface area contributed by atoms with Crippen molar-refractivity contribution in [2.45, 2.75) is 25.8 Å². The average Bonchev–Trinajstić information content (AvgIpc) is 2.66. The SMILES string of the molecule is O=C(O)Cn1nc2c(c(C(=O)O)c1=O)CCCc1ccccc1-2. The quantitative estimate of drug-likeness (QED) is 0.880. The van der Waals surface area contributed by atoms with E-state index in [2.05, 4.69) is 5.10 Å². The maximum atomic E-state index is 12.3. The first-order valence-corrected chi connectivity index (χ1v) is 7.16. The second kappa shape index (κ2) is 5.68. The van der Waals surface area contributed by atoms with E-state index in [1.807, 2.05) is 24.3 Å². The van der Waals surface area contributed by atoms with Crippen LogP contribution in [0.15, 0.2) is 29.1 Å². The number of aliphatic carboxylic acids is 1. The van der Waals surface area contributed by atoms with Gasteiger partial charge in [0.15, 0.2) is 0 Å². The standard InChI is InChI=1S/C16H14N2O5/c19-12(20)8-18-15(21)13(16(22)23)11-7-3-5-9-4-1-2-6-10(9)14(11)17-18/h1-2,4,6H,3,5,7-8H2,(H,19,20)(H,22,23). The van der Waals surface area contributed by atoms with Gasteiger partial charge in [0, 0.05) is 11.1 Å². The summed E-state index contributed by atoms with van der Waals surface area (Å²) in [4.78, 5) is 34.8. The number of aromatic carboxylic acids is 1. The molecule has 118 valence electrons. The highest BCUT2D eigenvalue weighted by Crippen LogP contribution is 2.31.